The van der Waals surface area contributed by atoms with E-state index in [1.165, 1.54) is 0 Å². The first-order valence-electron chi connectivity index (χ1n) is 6.74. The van der Waals surface area contributed by atoms with Gasteiger partial charge in [-0.25, -0.2) is 4.79 Å². The van der Waals surface area contributed by atoms with Crippen LogP contribution in [0.2, 0.25) is 0 Å². The normalized spacial score (nSPS) is 10.3. The van der Waals surface area contributed by atoms with Gasteiger partial charge in [0, 0.05) is 4.47 Å². The molecular weight excluding hydrogens is 316 g/mol. The van der Waals surface area contributed by atoms with Crippen LogP contribution in [0.5, 0.6) is 0 Å². The molecule has 0 unspecified atom stereocenters. The summed E-state index contributed by atoms with van der Waals surface area (Å²) in [6.07, 6.45) is 1.92. The number of ether oxygens (including phenoxy) is 1. The van der Waals surface area contributed by atoms with Gasteiger partial charge in [0.15, 0.2) is 0 Å². The van der Waals surface area contributed by atoms with Crippen molar-refractivity contribution in [3.63, 3.8) is 0 Å². The van der Waals surface area contributed by atoms with Crippen LogP contribution in [0.3, 0.4) is 0 Å². The van der Waals surface area contributed by atoms with Crippen LogP contribution < -0.4 is 0 Å². The standard InChI is InChI=1S/C17H17BrO2/c1-2-3-10-20-17(19)15-8-4-6-13(11-15)14-7-5-9-16(18)12-14/h4-9,11-12H,2-3,10H2,1H3. The third-order valence-corrected chi connectivity index (χ3v) is 3.48. The molecule has 2 aromatic rings. The van der Waals surface area contributed by atoms with Crippen molar-refractivity contribution in [3.05, 3.63) is 58.6 Å². The van der Waals surface area contributed by atoms with Crippen LogP contribution in [0.15, 0.2) is 53.0 Å². The average Bonchev–Trinajstić information content (AvgIpc) is 2.47. The van der Waals surface area contributed by atoms with Crippen LogP contribution >= 0.6 is 15.9 Å². The maximum Gasteiger partial charge on any atom is 0.338 e. The highest BCUT2D eigenvalue weighted by Crippen LogP contribution is 2.24. The number of rotatable bonds is 5. The second kappa shape index (κ2) is 7.25. The van der Waals surface area contributed by atoms with E-state index >= 15 is 0 Å². The fourth-order valence-corrected chi connectivity index (χ4v) is 2.29. The molecule has 0 saturated carbocycles. The molecule has 0 atom stereocenters. The lowest BCUT2D eigenvalue weighted by Gasteiger charge is -2.07. The van der Waals surface area contributed by atoms with Gasteiger partial charge in [-0.3, -0.25) is 0 Å². The van der Waals surface area contributed by atoms with Crippen LogP contribution in [-0.4, -0.2) is 12.6 Å². The van der Waals surface area contributed by atoms with Crippen molar-refractivity contribution in [1.82, 2.24) is 0 Å². The van der Waals surface area contributed by atoms with Crippen molar-refractivity contribution in [1.29, 1.82) is 0 Å². The van der Waals surface area contributed by atoms with E-state index in [1.54, 1.807) is 6.07 Å². The lowest BCUT2D eigenvalue weighted by Crippen LogP contribution is -2.06. The minimum atomic E-state index is -0.254. The summed E-state index contributed by atoms with van der Waals surface area (Å²) in [6, 6.07) is 15.5. The van der Waals surface area contributed by atoms with Gasteiger partial charge in [-0.15, -0.1) is 0 Å². The zero-order valence-corrected chi connectivity index (χ0v) is 13.0. The third-order valence-electron chi connectivity index (χ3n) is 2.99. The van der Waals surface area contributed by atoms with Gasteiger partial charge < -0.3 is 4.74 Å². The predicted octanol–water partition coefficient (Wildman–Crippen LogP) is 5.07. The zero-order valence-electron chi connectivity index (χ0n) is 11.4. The number of carbonyl (C=O) groups excluding carboxylic acids is 1. The average molecular weight is 333 g/mol. The number of esters is 1. The van der Waals surface area contributed by atoms with Crippen LogP contribution in [0, 0.1) is 0 Å². The summed E-state index contributed by atoms with van der Waals surface area (Å²) in [5.41, 5.74) is 2.68. The number of halogens is 1. The second-order valence-corrected chi connectivity index (χ2v) is 5.50. The van der Waals surface area contributed by atoms with Crippen LogP contribution in [0.25, 0.3) is 11.1 Å². The van der Waals surface area contributed by atoms with E-state index in [-0.39, 0.29) is 5.97 Å². The summed E-state index contributed by atoms with van der Waals surface area (Å²) in [5.74, 6) is -0.254. The number of carbonyl (C=O) groups is 1. The molecule has 0 fully saturated rings. The minimum absolute atomic E-state index is 0.254. The Kier molecular flexibility index (Phi) is 5.36. The van der Waals surface area contributed by atoms with Crippen molar-refractivity contribution >= 4 is 21.9 Å². The maximum atomic E-state index is 11.9. The second-order valence-electron chi connectivity index (χ2n) is 4.58. The lowest BCUT2D eigenvalue weighted by atomic mass is 10.0. The molecule has 3 heteroatoms. The van der Waals surface area contributed by atoms with Gasteiger partial charge in [0.2, 0.25) is 0 Å². The summed E-state index contributed by atoms with van der Waals surface area (Å²) < 4.78 is 6.25. The molecule has 0 aromatic heterocycles. The van der Waals surface area contributed by atoms with Crippen molar-refractivity contribution in [2.75, 3.05) is 6.61 Å². The Morgan fingerprint density at radius 3 is 2.50 bits per heavy atom. The minimum Gasteiger partial charge on any atom is -0.462 e. The Balaban J connectivity index is 2.17. The Labute approximate surface area is 127 Å². The summed E-state index contributed by atoms with van der Waals surface area (Å²) in [5, 5.41) is 0. The SMILES string of the molecule is CCCCOC(=O)c1cccc(-c2cccc(Br)c2)c1. The highest BCUT2D eigenvalue weighted by molar-refractivity contribution is 9.10. The first-order valence-corrected chi connectivity index (χ1v) is 7.53. The summed E-state index contributed by atoms with van der Waals surface area (Å²) in [6.45, 7) is 2.55. The molecule has 0 heterocycles. The number of unbranched alkanes of at least 4 members (excludes halogenated alkanes) is 1. The maximum absolute atomic E-state index is 11.9. The summed E-state index contributed by atoms with van der Waals surface area (Å²) >= 11 is 3.46. The van der Waals surface area contributed by atoms with Gasteiger partial charge in [0.05, 0.1) is 12.2 Å². The van der Waals surface area contributed by atoms with Gasteiger partial charge in [-0.05, 0) is 41.8 Å². The molecule has 0 N–H and O–H groups in total. The fourth-order valence-electron chi connectivity index (χ4n) is 1.89. The van der Waals surface area contributed by atoms with Gasteiger partial charge in [0.25, 0.3) is 0 Å². The Morgan fingerprint density at radius 1 is 1.10 bits per heavy atom. The molecule has 2 aromatic carbocycles. The molecule has 2 nitrogen and oxygen atoms in total. The van der Waals surface area contributed by atoms with Crippen LogP contribution in [0.4, 0.5) is 0 Å². The van der Waals surface area contributed by atoms with Crippen molar-refractivity contribution in [2.24, 2.45) is 0 Å². The molecule has 0 aliphatic rings. The van der Waals surface area contributed by atoms with E-state index in [4.69, 9.17) is 4.74 Å². The topological polar surface area (TPSA) is 26.3 Å². The molecule has 20 heavy (non-hydrogen) atoms. The highest BCUT2D eigenvalue weighted by atomic mass is 79.9. The van der Waals surface area contributed by atoms with Crippen LogP contribution in [-0.2, 0) is 4.74 Å². The number of benzene rings is 2. The van der Waals surface area contributed by atoms with E-state index < -0.39 is 0 Å². The number of hydrogen-bond donors (Lipinski definition) is 0. The highest BCUT2D eigenvalue weighted by Gasteiger charge is 2.08. The van der Waals surface area contributed by atoms with Gasteiger partial charge in [0.1, 0.15) is 0 Å². The van der Waals surface area contributed by atoms with Crippen molar-refractivity contribution in [2.45, 2.75) is 19.8 Å². The molecule has 0 radical (unpaired) electrons. The Bertz CT molecular complexity index is 593. The van der Waals surface area contributed by atoms with Crippen molar-refractivity contribution < 1.29 is 9.53 Å². The van der Waals surface area contributed by atoms with E-state index in [0.717, 1.165) is 28.4 Å². The molecule has 2 rings (SSSR count). The first kappa shape index (κ1) is 14.8. The Hall–Kier alpha value is -1.61. The van der Waals surface area contributed by atoms with E-state index in [1.807, 2.05) is 42.5 Å². The summed E-state index contributed by atoms with van der Waals surface area (Å²) in [7, 11) is 0. The molecule has 0 bridgehead atoms. The molecule has 0 aliphatic heterocycles. The fraction of sp³-hybridized carbons (Fsp3) is 0.235. The monoisotopic (exact) mass is 332 g/mol. The molecule has 0 aliphatic carbocycles. The predicted molar refractivity (Wildman–Crippen MR) is 84.8 cm³/mol. The first-order chi connectivity index (χ1) is 9.70. The zero-order chi connectivity index (χ0) is 14.4. The Morgan fingerprint density at radius 2 is 1.80 bits per heavy atom. The lowest BCUT2D eigenvalue weighted by molar-refractivity contribution is 0.0500. The van der Waals surface area contributed by atoms with E-state index in [0.29, 0.717) is 12.2 Å². The largest absolute Gasteiger partial charge is 0.462 e. The quantitative estimate of drug-likeness (QED) is 0.564. The smallest absolute Gasteiger partial charge is 0.338 e. The van der Waals surface area contributed by atoms with Gasteiger partial charge in [-0.1, -0.05) is 53.5 Å². The molecule has 0 spiro atoms. The summed E-state index contributed by atoms with van der Waals surface area (Å²) in [4.78, 5) is 11.9. The molecule has 0 amide bonds. The van der Waals surface area contributed by atoms with Crippen LogP contribution in [0.1, 0.15) is 30.1 Å². The number of hydrogen-bond acceptors (Lipinski definition) is 2. The third kappa shape index (κ3) is 3.94. The molecule has 104 valence electrons. The molecule has 0 saturated heterocycles. The van der Waals surface area contributed by atoms with Gasteiger partial charge in [-0.2, -0.15) is 0 Å². The van der Waals surface area contributed by atoms with E-state index in [2.05, 4.69) is 22.9 Å². The molecular formula is C17H17BrO2. The van der Waals surface area contributed by atoms with Gasteiger partial charge >= 0.3 is 5.97 Å². The van der Waals surface area contributed by atoms with E-state index in [9.17, 15) is 4.79 Å². The van der Waals surface area contributed by atoms with Crippen molar-refractivity contribution in [3.8, 4) is 11.1 Å².